The molecule has 3 heteroatoms. The van der Waals surface area contributed by atoms with Crippen molar-refractivity contribution in [1.82, 2.24) is 0 Å². The molecule has 0 amide bonds. The van der Waals surface area contributed by atoms with Gasteiger partial charge in [0.2, 0.25) is 0 Å². The first-order valence-electron chi connectivity index (χ1n) is 5.21. The largest absolute Gasteiger partial charge is 0.504 e. The summed E-state index contributed by atoms with van der Waals surface area (Å²) >= 11 is 0. The number of phenols is 1. The first kappa shape index (κ1) is 11.9. The molecule has 0 bridgehead atoms. The van der Waals surface area contributed by atoms with Crippen LogP contribution in [0.5, 0.6) is 11.5 Å². The van der Waals surface area contributed by atoms with E-state index in [4.69, 9.17) is 9.47 Å². The highest BCUT2D eigenvalue weighted by atomic mass is 16.5. The summed E-state index contributed by atoms with van der Waals surface area (Å²) in [7, 11) is 1.54. The van der Waals surface area contributed by atoms with Gasteiger partial charge < -0.3 is 14.6 Å². The Hall–Kier alpha value is -1.22. The van der Waals surface area contributed by atoms with Crippen molar-refractivity contribution in [2.45, 2.75) is 26.4 Å². The highest BCUT2D eigenvalue weighted by Crippen LogP contribution is 2.31. The summed E-state index contributed by atoms with van der Waals surface area (Å²) in [6.45, 7) is 4.72. The van der Waals surface area contributed by atoms with Crippen LogP contribution < -0.4 is 4.74 Å². The summed E-state index contributed by atoms with van der Waals surface area (Å²) in [6, 6.07) is 5.32. The van der Waals surface area contributed by atoms with Crippen LogP contribution in [-0.4, -0.2) is 18.8 Å². The third-order valence-electron chi connectivity index (χ3n) is 2.31. The zero-order valence-corrected chi connectivity index (χ0v) is 9.49. The molecule has 84 valence electrons. The minimum absolute atomic E-state index is 0.0736. The second-order valence-electron chi connectivity index (χ2n) is 3.28. The van der Waals surface area contributed by atoms with E-state index in [-0.39, 0.29) is 11.9 Å². The molecule has 0 saturated carbocycles. The maximum Gasteiger partial charge on any atom is 0.160 e. The van der Waals surface area contributed by atoms with Crippen molar-refractivity contribution in [3.05, 3.63) is 23.8 Å². The molecule has 1 aromatic carbocycles. The fraction of sp³-hybridized carbons (Fsp3) is 0.500. The Morgan fingerprint density at radius 3 is 2.60 bits per heavy atom. The maximum atomic E-state index is 9.45. The van der Waals surface area contributed by atoms with Crippen molar-refractivity contribution in [1.29, 1.82) is 0 Å². The number of methoxy groups -OCH3 is 1. The van der Waals surface area contributed by atoms with E-state index in [0.29, 0.717) is 12.4 Å². The third kappa shape index (κ3) is 2.86. The fourth-order valence-electron chi connectivity index (χ4n) is 1.55. The lowest BCUT2D eigenvalue weighted by molar-refractivity contribution is 0.0596. The smallest absolute Gasteiger partial charge is 0.160 e. The second kappa shape index (κ2) is 5.61. The van der Waals surface area contributed by atoms with Gasteiger partial charge in [0.15, 0.2) is 11.5 Å². The molecular formula is C12H18O3. The molecule has 1 atom stereocenters. The van der Waals surface area contributed by atoms with Gasteiger partial charge in [0, 0.05) is 6.61 Å². The summed E-state index contributed by atoms with van der Waals surface area (Å²) in [4.78, 5) is 0. The maximum absolute atomic E-state index is 9.45. The Morgan fingerprint density at radius 1 is 1.33 bits per heavy atom. The van der Waals surface area contributed by atoms with Gasteiger partial charge in [-0.25, -0.2) is 0 Å². The van der Waals surface area contributed by atoms with Crippen molar-refractivity contribution >= 4 is 0 Å². The Bertz CT molecular complexity index is 310. The molecule has 1 rings (SSSR count). The molecule has 0 spiro atoms. The van der Waals surface area contributed by atoms with Gasteiger partial charge in [-0.3, -0.25) is 0 Å². The minimum atomic E-state index is 0.0736. The van der Waals surface area contributed by atoms with Crippen molar-refractivity contribution in [2.24, 2.45) is 0 Å². The van der Waals surface area contributed by atoms with E-state index in [0.717, 1.165) is 12.0 Å². The minimum Gasteiger partial charge on any atom is -0.504 e. The molecule has 0 aromatic heterocycles. The van der Waals surface area contributed by atoms with Gasteiger partial charge in [-0.15, -0.1) is 0 Å². The van der Waals surface area contributed by atoms with E-state index in [1.807, 2.05) is 19.1 Å². The number of phenolic OH excluding ortho intramolecular Hbond substituents is 1. The molecule has 3 nitrogen and oxygen atoms in total. The van der Waals surface area contributed by atoms with E-state index in [1.54, 1.807) is 13.2 Å². The second-order valence-corrected chi connectivity index (χ2v) is 3.28. The van der Waals surface area contributed by atoms with Gasteiger partial charge in [0.1, 0.15) is 0 Å². The summed E-state index contributed by atoms with van der Waals surface area (Å²) in [5, 5.41) is 9.45. The van der Waals surface area contributed by atoms with Gasteiger partial charge >= 0.3 is 0 Å². The van der Waals surface area contributed by atoms with Gasteiger partial charge in [0.05, 0.1) is 13.2 Å². The predicted molar refractivity (Wildman–Crippen MR) is 59.3 cm³/mol. The van der Waals surface area contributed by atoms with Crippen LogP contribution in [0.3, 0.4) is 0 Å². The molecule has 0 heterocycles. The molecule has 15 heavy (non-hydrogen) atoms. The Labute approximate surface area is 90.6 Å². The number of ether oxygens (including phenoxy) is 2. The molecule has 1 unspecified atom stereocenters. The third-order valence-corrected chi connectivity index (χ3v) is 2.31. The van der Waals surface area contributed by atoms with Crippen LogP contribution in [0.25, 0.3) is 0 Å². The van der Waals surface area contributed by atoms with E-state index in [1.165, 1.54) is 0 Å². The average molecular weight is 210 g/mol. The number of aromatic hydroxyl groups is 1. The van der Waals surface area contributed by atoms with Crippen LogP contribution in [0.1, 0.15) is 31.9 Å². The fourth-order valence-corrected chi connectivity index (χ4v) is 1.55. The first-order valence-corrected chi connectivity index (χ1v) is 5.21. The SMILES string of the molecule is CCOC(CC)c1ccc(O)c(OC)c1. The summed E-state index contributed by atoms with van der Waals surface area (Å²) < 4.78 is 10.6. The summed E-state index contributed by atoms with van der Waals surface area (Å²) in [5.41, 5.74) is 1.04. The highest BCUT2D eigenvalue weighted by Gasteiger charge is 2.11. The van der Waals surface area contributed by atoms with Crippen molar-refractivity contribution in [3.8, 4) is 11.5 Å². The molecule has 1 N–H and O–H groups in total. The van der Waals surface area contributed by atoms with Gasteiger partial charge in [0.25, 0.3) is 0 Å². The van der Waals surface area contributed by atoms with Gasteiger partial charge in [-0.2, -0.15) is 0 Å². The average Bonchev–Trinajstić information content (AvgIpc) is 2.27. The molecule has 0 radical (unpaired) electrons. The lowest BCUT2D eigenvalue weighted by Gasteiger charge is -2.16. The van der Waals surface area contributed by atoms with Crippen LogP contribution in [0.15, 0.2) is 18.2 Å². The lowest BCUT2D eigenvalue weighted by Crippen LogP contribution is -2.03. The van der Waals surface area contributed by atoms with Crippen LogP contribution in [0.2, 0.25) is 0 Å². The normalized spacial score (nSPS) is 12.5. The monoisotopic (exact) mass is 210 g/mol. The number of hydrogen-bond acceptors (Lipinski definition) is 3. The molecule has 0 aliphatic rings. The zero-order chi connectivity index (χ0) is 11.3. The molecular weight excluding hydrogens is 192 g/mol. The molecule has 1 aromatic rings. The van der Waals surface area contributed by atoms with E-state index in [2.05, 4.69) is 6.92 Å². The zero-order valence-electron chi connectivity index (χ0n) is 9.49. The quantitative estimate of drug-likeness (QED) is 0.812. The van der Waals surface area contributed by atoms with Gasteiger partial charge in [-0.1, -0.05) is 13.0 Å². The van der Waals surface area contributed by atoms with Gasteiger partial charge in [-0.05, 0) is 31.0 Å². The number of rotatable bonds is 5. The van der Waals surface area contributed by atoms with E-state index < -0.39 is 0 Å². The van der Waals surface area contributed by atoms with Crippen LogP contribution in [0, 0.1) is 0 Å². The molecule has 0 aliphatic heterocycles. The van der Waals surface area contributed by atoms with Crippen LogP contribution in [-0.2, 0) is 4.74 Å². The summed E-state index contributed by atoms with van der Waals surface area (Å²) in [5.74, 6) is 0.651. The summed E-state index contributed by atoms with van der Waals surface area (Å²) in [6.07, 6.45) is 0.978. The number of benzene rings is 1. The molecule has 0 aliphatic carbocycles. The first-order chi connectivity index (χ1) is 7.22. The van der Waals surface area contributed by atoms with Crippen LogP contribution >= 0.6 is 0 Å². The van der Waals surface area contributed by atoms with E-state index >= 15 is 0 Å². The Morgan fingerprint density at radius 2 is 2.07 bits per heavy atom. The van der Waals surface area contributed by atoms with Crippen LogP contribution in [0.4, 0.5) is 0 Å². The Balaban J connectivity index is 2.92. The van der Waals surface area contributed by atoms with Crippen molar-refractivity contribution in [3.63, 3.8) is 0 Å². The Kier molecular flexibility index (Phi) is 4.43. The predicted octanol–water partition coefficient (Wildman–Crippen LogP) is 2.89. The van der Waals surface area contributed by atoms with Crippen molar-refractivity contribution in [2.75, 3.05) is 13.7 Å². The molecule has 0 saturated heterocycles. The van der Waals surface area contributed by atoms with E-state index in [9.17, 15) is 5.11 Å². The highest BCUT2D eigenvalue weighted by molar-refractivity contribution is 5.42. The standard InChI is InChI=1S/C12H18O3/c1-4-11(15-5-2)9-6-7-10(13)12(8-9)14-3/h6-8,11,13H,4-5H2,1-3H3. The topological polar surface area (TPSA) is 38.7 Å². The van der Waals surface area contributed by atoms with Crippen molar-refractivity contribution < 1.29 is 14.6 Å². The number of hydrogen-bond donors (Lipinski definition) is 1. The molecule has 0 fully saturated rings. The lowest BCUT2D eigenvalue weighted by atomic mass is 10.1.